The standard InChI is InChI=1S/C20H29FN6/c1-2-25-12-14-26(15-13-25)19(16-8-10-17(21)11-9-16)20-22-23-24-27(20)18-6-4-3-5-7-18/h8-11,18-19H,2-7,12-15H2,1H3/p+2/t19-/m0/s1. The first-order valence-corrected chi connectivity index (χ1v) is 10.5. The molecule has 2 heterocycles. The molecule has 1 aliphatic carbocycles. The Morgan fingerprint density at radius 3 is 2.44 bits per heavy atom. The van der Waals surface area contributed by atoms with E-state index in [0.717, 1.165) is 50.4 Å². The Kier molecular flexibility index (Phi) is 5.78. The maximum atomic E-state index is 13.5. The molecule has 1 saturated carbocycles. The monoisotopic (exact) mass is 374 g/mol. The van der Waals surface area contributed by atoms with Gasteiger partial charge in [0.05, 0.1) is 12.6 Å². The van der Waals surface area contributed by atoms with Gasteiger partial charge in [-0.3, -0.25) is 0 Å². The molecule has 4 rings (SSSR count). The minimum absolute atomic E-state index is 0.0703. The molecule has 1 aliphatic heterocycles. The van der Waals surface area contributed by atoms with Crippen LogP contribution in [0.3, 0.4) is 0 Å². The SMILES string of the molecule is CC[NH+]1CC[NH+]([C@@H](c2ccc(F)cc2)c2nnnn2C2CCCCC2)CC1. The van der Waals surface area contributed by atoms with Gasteiger partial charge in [-0.25, -0.2) is 9.07 Å². The Bertz CT molecular complexity index is 716. The quantitative estimate of drug-likeness (QED) is 0.787. The number of halogens is 1. The lowest BCUT2D eigenvalue weighted by Crippen LogP contribution is -3.28. The number of nitrogens with zero attached hydrogens (tertiary/aromatic N) is 4. The third kappa shape index (κ3) is 4.04. The molecule has 6 nitrogen and oxygen atoms in total. The second-order valence-corrected chi connectivity index (χ2v) is 8.02. The van der Waals surface area contributed by atoms with Crippen LogP contribution in [0, 0.1) is 5.82 Å². The minimum atomic E-state index is -0.195. The summed E-state index contributed by atoms with van der Waals surface area (Å²) in [6, 6.07) is 7.40. The van der Waals surface area contributed by atoms with E-state index < -0.39 is 0 Å². The molecule has 0 radical (unpaired) electrons. The molecular formula is C20H31FN6+2. The Hall–Kier alpha value is -1.86. The summed E-state index contributed by atoms with van der Waals surface area (Å²) in [5.41, 5.74) is 1.11. The van der Waals surface area contributed by atoms with Crippen LogP contribution in [0.15, 0.2) is 24.3 Å². The highest BCUT2D eigenvalue weighted by Crippen LogP contribution is 2.30. The zero-order chi connectivity index (χ0) is 18.6. The van der Waals surface area contributed by atoms with E-state index in [4.69, 9.17) is 0 Å². The molecule has 0 unspecified atom stereocenters. The van der Waals surface area contributed by atoms with Crippen molar-refractivity contribution in [1.29, 1.82) is 0 Å². The summed E-state index contributed by atoms with van der Waals surface area (Å²) in [6.07, 6.45) is 6.10. The van der Waals surface area contributed by atoms with Gasteiger partial charge in [0.25, 0.3) is 0 Å². The Balaban J connectivity index is 1.66. The van der Waals surface area contributed by atoms with E-state index >= 15 is 0 Å². The normalized spacial score (nSPS) is 25.4. The maximum absolute atomic E-state index is 13.5. The lowest BCUT2D eigenvalue weighted by atomic mass is 9.95. The fourth-order valence-electron chi connectivity index (χ4n) is 4.77. The first-order chi connectivity index (χ1) is 13.3. The van der Waals surface area contributed by atoms with Crippen molar-refractivity contribution in [3.05, 3.63) is 41.5 Å². The molecule has 1 aromatic carbocycles. The van der Waals surface area contributed by atoms with E-state index in [1.165, 1.54) is 30.7 Å². The number of benzene rings is 1. The van der Waals surface area contributed by atoms with Crippen molar-refractivity contribution in [3.63, 3.8) is 0 Å². The van der Waals surface area contributed by atoms with Gasteiger partial charge in [-0.2, -0.15) is 0 Å². The predicted octanol–water partition coefficient (Wildman–Crippen LogP) is 0.210. The molecule has 146 valence electrons. The summed E-state index contributed by atoms with van der Waals surface area (Å²) in [7, 11) is 0. The molecular weight excluding hydrogens is 343 g/mol. The van der Waals surface area contributed by atoms with Gasteiger partial charge in [-0.1, -0.05) is 19.3 Å². The van der Waals surface area contributed by atoms with Crippen molar-refractivity contribution in [3.8, 4) is 0 Å². The van der Waals surface area contributed by atoms with Gasteiger partial charge in [-0.15, -0.1) is 5.10 Å². The summed E-state index contributed by atoms with van der Waals surface area (Å²) in [6.45, 7) is 7.92. The molecule has 0 amide bonds. The lowest BCUT2D eigenvalue weighted by Gasteiger charge is -2.34. The molecule has 2 aromatic rings. The third-order valence-corrected chi connectivity index (χ3v) is 6.41. The van der Waals surface area contributed by atoms with E-state index in [1.807, 2.05) is 12.1 Å². The average Bonchev–Trinajstić information content (AvgIpc) is 3.20. The highest BCUT2D eigenvalue weighted by molar-refractivity contribution is 5.23. The van der Waals surface area contributed by atoms with Gasteiger partial charge < -0.3 is 9.80 Å². The molecule has 2 aliphatic rings. The number of piperazine rings is 1. The van der Waals surface area contributed by atoms with Crippen LogP contribution >= 0.6 is 0 Å². The van der Waals surface area contributed by atoms with Crippen LogP contribution in [-0.2, 0) is 0 Å². The zero-order valence-electron chi connectivity index (χ0n) is 16.2. The van der Waals surface area contributed by atoms with E-state index in [2.05, 4.69) is 27.1 Å². The van der Waals surface area contributed by atoms with Gasteiger partial charge in [0.2, 0.25) is 5.82 Å². The molecule has 7 heteroatoms. The van der Waals surface area contributed by atoms with Crippen molar-refractivity contribution in [2.45, 2.75) is 51.1 Å². The van der Waals surface area contributed by atoms with Crippen LogP contribution in [0.2, 0.25) is 0 Å². The highest BCUT2D eigenvalue weighted by atomic mass is 19.1. The number of rotatable bonds is 5. The van der Waals surface area contributed by atoms with Gasteiger partial charge in [0.1, 0.15) is 32.0 Å². The van der Waals surface area contributed by atoms with Crippen LogP contribution in [0.25, 0.3) is 0 Å². The number of quaternary nitrogens is 2. The summed E-state index contributed by atoms with van der Waals surface area (Å²) in [5, 5.41) is 12.9. The van der Waals surface area contributed by atoms with Crippen LogP contribution in [0.5, 0.6) is 0 Å². The molecule has 1 saturated heterocycles. The number of hydrogen-bond acceptors (Lipinski definition) is 3. The van der Waals surface area contributed by atoms with Crippen molar-refractivity contribution < 1.29 is 14.2 Å². The summed E-state index contributed by atoms with van der Waals surface area (Å²) in [5.74, 6) is 0.753. The smallest absolute Gasteiger partial charge is 0.214 e. The van der Waals surface area contributed by atoms with Crippen LogP contribution in [0.1, 0.15) is 62.5 Å². The van der Waals surface area contributed by atoms with Crippen LogP contribution < -0.4 is 9.80 Å². The van der Waals surface area contributed by atoms with Crippen molar-refractivity contribution in [1.82, 2.24) is 20.2 Å². The number of hydrogen-bond donors (Lipinski definition) is 2. The largest absolute Gasteiger partial charge is 0.326 e. The fourth-order valence-corrected chi connectivity index (χ4v) is 4.77. The third-order valence-electron chi connectivity index (χ3n) is 6.41. The molecule has 1 aromatic heterocycles. The number of likely N-dealkylation sites (N-methyl/N-ethyl adjacent to an activating group) is 1. The Morgan fingerprint density at radius 2 is 1.78 bits per heavy atom. The highest BCUT2D eigenvalue weighted by Gasteiger charge is 2.36. The average molecular weight is 375 g/mol. The zero-order valence-corrected chi connectivity index (χ0v) is 16.2. The van der Waals surface area contributed by atoms with E-state index in [-0.39, 0.29) is 11.9 Å². The number of aromatic nitrogens is 4. The second kappa shape index (κ2) is 8.44. The molecule has 2 N–H and O–H groups in total. The predicted molar refractivity (Wildman–Crippen MR) is 100 cm³/mol. The molecule has 0 bridgehead atoms. The van der Waals surface area contributed by atoms with Crippen LogP contribution in [-0.4, -0.2) is 52.9 Å². The number of nitrogens with one attached hydrogen (secondary N) is 2. The van der Waals surface area contributed by atoms with E-state index in [9.17, 15) is 4.39 Å². The van der Waals surface area contributed by atoms with Crippen molar-refractivity contribution in [2.24, 2.45) is 0 Å². The topological polar surface area (TPSA) is 52.5 Å². The van der Waals surface area contributed by atoms with Gasteiger partial charge in [-0.05, 0) is 54.5 Å². The van der Waals surface area contributed by atoms with Gasteiger partial charge in [0.15, 0.2) is 6.04 Å². The Morgan fingerprint density at radius 1 is 1.07 bits per heavy atom. The van der Waals surface area contributed by atoms with Crippen molar-refractivity contribution >= 4 is 0 Å². The Labute approximate surface area is 160 Å². The summed E-state index contributed by atoms with van der Waals surface area (Å²) >= 11 is 0. The van der Waals surface area contributed by atoms with Gasteiger partial charge in [0, 0.05) is 5.56 Å². The molecule has 2 fully saturated rings. The lowest BCUT2D eigenvalue weighted by molar-refractivity contribution is -1.02. The first kappa shape index (κ1) is 18.5. The fraction of sp³-hybridized carbons (Fsp3) is 0.650. The van der Waals surface area contributed by atoms with E-state index in [1.54, 1.807) is 17.0 Å². The first-order valence-electron chi connectivity index (χ1n) is 10.5. The van der Waals surface area contributed by atoms with Gasteiger partial charge >= 0.3 is 0 Å². The molecule has 0 spiro atoms. The minimum Gasteiger partial charge on any atom is -0.326 e. The molecule has 27 heavy (non-hydrogen) atoms. The second-order valence-electron chi connectivity index (χ2n) is 8.02. The summed E-state index contributed by atoms with van der Waals surface area (Å²) < 4.78 is 15.6. The summed E-state index contributed by atoms with van der Waals surface area (Å²) in [4.78, 5) is 3.15. The number of tetrazole rings is 1. The maximum Gasteiger partial charge on any atom is 0.214 e. The molecule has 1 atom stereocenters. The van der Waals surface area contributed by atoms with Crippen molar-refractivity contribution in [2.75, 3.05) is 32.7 Å². The van der Waals surface area contributed by atoms with Crippen LogP contribution in [0.4, 0.5) is 4.39 Å². The van der Waals surface area contributed by atoms with E-state index in [0.29, 0.717) is 6.04 Å².